The van der Waals surface area contributed by atoms with E-state index in [0.717, 1.165) is 78.1 Å². The van der Waals surface area contributed by atoms with Crippen molar-refractivity contribution in [3.63, 3.8) is 0 Å². The highest BCUT2D eigenvalue weighted by Crippen LogP contribution is 2.56. The number of fused-ring (bicyclic) bond motifs is 8. The zero-order valence-electron chi connectivity index (χ0n) is 41.0. The number of hydrogen-bond donors (Lipinski definition) is 2. The third-order valence-corrected chi connectivity index (χ3v) is 14.0. The van der Waals surface area contributed by atoms with Crippen molar-refractivity contribution in [2.24, 2.45) is 14.1 Å². The lowest BCUT2D eigenvalue weighted by molar-refractivity contribution is -0.00552. The monoisotopic (exact) mass is 994 g/mol. The first-order valence-electron chi connectivity index (χ1n) is 22.2. The number of benzene rings is 2. The second-order valence-corrected chi connectivity index (χ2v) is 21.7. The summed E-state index contributed by atoms with van der Waals surface area (Å²) in [5.74, 6) is 3.07. The number of nitrogens with zero attached hydrogens (tertiary/aromatic N) is 10. The predicted octanol–water partition coefficient (Wildman–Crippen LogP) is 10.1. The van der Waals surface area contributed by atoms with Gasteiger partial charge in [0.2, 0.25) is 0 Å². The molecule has 0 fully saturated rings. The molecular formula is C48H56N10O10P2. The van der Waals surface area contributed by atoms with Gasteiger partial charge in [-0.1, -0.05) is 0 Å². The number of methoxy groups -OCH3 is 2. The van der Waals surface area contributed by atoms with Gasteiger partial charge in [-0.25, -0.2) is 29.1 Å². The molecular weight excluding hydrogens is 939 g/mol. The summed E-state index contributed by atoms with van der Waals surface area (Å²) in [5.41, 5.74) is 8.33. The highest BCUT2D eigenvalue weighted by molar-refractivity contribution is 7.48. The first-order chi connectivity index (χ1) is 32.9. The Bertz CT molecular complexity index is 3710. The van der Waals surface area contributed by atoms with Crippen molar-refractivity contribution in [2.45, 2.75) is 80.1 Å². The van der Waals surface area contributed by atoms with Crippen LogP contribution < -0.4 is 9.47 Å². The Balaban J connectivity index is 0.000000178. The quantitative estimate of drug-likeness (QED) is 0.109. The van der Waals surface area contributed by atoms with E-state index in [1.165, 1.54) is 0 Å². The van der Waals surface area contributed by atoms with Crippen LogP contribution in [0.15, 0.2) is 85.7 Å². The van der Waals surface area contributed by atoms with Crippen molar-refractivity contribution in [3.05, 3.63) is 97.4 Å². The lowest BCUT2D eigenvalue weighted by atomic mass is 10.1. The Hall–Kier alpha value is -6.34. The molecule has 0 spiro atoms. The molecule has 10 aromatic rings. The van der Waals surface area contributed by atoms with Crippen LogP contribution in [0.2, 0.25) is 0 Å². The molecule has 0 atom stereocenters. The van der Waals surface area contributed by atoms with Gasteiger partial charge in [0.25, 0.3) is 0 Å². The molecule has 368 valence electrons. The lowest BCUT2D eigenvalue weighted by Gasteiger charge is -2.31. The molecule has 22 heteroatoms. The van der Waals surface area contributed by atoms with Gasteiger partial charge in [-0.2, -0.15) is 0 Å². The van der Waals surface area contributed by atoms with Crippen LogP contribution in [0.3, 0.4) is 0 Å². The Morgan fingerprint density at radius 3 is 1.36 bits per heavy atom. The minimum absolute atomic E-state index is 0.116. The molecule has 0 unspecified atom stereocenters. The van der Waals surface area contributed by atoms with Crippen LogP contribution in [0.25, 0.3) is 77.7 Å². The number of imidazole rings is 2. The molecule has 2 N–H and O–H groups in total. The van der Waals surface area contributed by atoms with Gasteiger partial charge in [0.05, 0.1) is 83.7 Å². The SMILES string of the molecule is COc1ccc2c(c1)c(-c1cc3c(ncc4cnc(C)n43)n1COP(=O)(O)O)cn2C.COc1ccc2c(c1)c(-c1cc3c(ncc4cnc(C)n43)n1COP(=O)(OC(C)(C)C)OC(C)(C)C)cn2C. The van der Waals surface area contributed by atoms with Crippen molar-refractivity contribution in [1.82, 2.24) is 47.0 Å². The highest BCUT2D eigenvalue weighted by atomic mass is 31.2. The Morgan fingerprint density at radius 1 is 0.571 bits per heavy atom. The smallest absolute Gasteiger partial charge is 0.477 e. The third kappa shape index (κ3) is 9.36. The van der Waals surface area contributed by atoms with Crippen LogP contribution in [0, 0.1) is 13.8 Å². The van der Waals surface area contributed by atoms with Crippen LogP contribution in [0.1, 0.15) is 53.2 Å². The van der Waals surface area contributed by atoms with Crippen LogP contribution in [-0.2, 0) is 54.8 Å². The molecule has 0 bridgehead atoms. The molecule has 0 radical (unpaired) electrons. The molecule has 20 nitrogen and oxygen atoms in total. The van der Waals surface area contributed by atoms with Gasteiger partial charge >= 0.3 is 15.6 Å². The average Bonchev–Trinajstić information content (AvgIpc) is 4.14. The number of aromatic nitrogens is 10. The number of ether oxygens (including phenoxy) is 2. The van der Waals surface area contributed by atoms with Gasteiger partial charge in [-0.3, -0.25) is 36.0 Å². The molecule has 0 aliphatic heterocycles. The first kappa shape index (κ1) is 48.7. The predicted molar refractivity (Wildman–Crippen MR) is 267 cm³/mol. The summed E-state index contributed by atoms with van der Waals surface area (Å²) in [5, 5.41) is 1.93. The Labute approximate surface area is 402 Å². The molecule has 8 heterocycles. The zero-order chi connectivity index (χ0) is 50.2. The van der Waals surface area contributed by atoms with Gasteiger partial charge in [0, 0.05) is 59.4 Å². The molecule has 8 aromatic heterocycles. The van der Waals surface area contributed by atoms with Crippen molar-refractivity contribution < 1.29 is 46.5 Å². The fraction of sp³-hybridized carbons (Fsp3) is 0.333. The van der Waals surface area contributed by atoms with Crippen LogP contribution in [0.4, 0.5) is 0 Å². The molecule has 0 saturated heterocycles. The molecule has 2 aromatic carbocycles. The van der Waals surface area contributed by atoms with E-state index in [0.29, 0.717) is 22.7 Å². The normalized spacial score (nSPS) is 12.9. The van der Waals surface area contributed by atoms with Crippen LogP contribution in [0.5, 0.6) is 11.5 Å². The maximum Gasteiger partial charge on any atom is 0.477 e. The topological polar surface area (TPSA) is 210 Å². The van der Waals surface area contributed by atoms with Gasteiger partial charge < -0.3 is 28.4 Å². The largest absolute Gasteiger partial charge is 0.497 e. The summed E-state index contributed by atoms with van der Waals surface area (Å²) in [7, 11) is -1.48. The summed E-state index contributed by atoms with van der Waals surface area (Å²) in [6.45, 7) is 14.2. The molecule has 0 aliphatic carbocycles. The number of rotatable bonds is 12. The van der Waals surface area contributed by atoms with E-state index < -0.39 is 26.8 Å². The van der Waals surface area contributed by atoms with Gasteiger partial charge in [0.15, 0.2) is 11.3 Å². The van der Waals surface area contributed by atoms with E-state index in [2.05, 4.69) is 31.8 Å². The summed E-state index contributed by atoms with van der Waals surface area (Å²) >= 11 is 0. The minimum Gasteiger partial charge on any atom is -0.497 e. The van der Waals surface area contributed by atoms with Gasteiger partial charge in [0.1, 0.15) is 36.6 Å². The third-order valence-electron chi connectivity index (χ3n) is 11.6. The summed E-state index contributed by atoms with van der Waals surface area (Å²) in [4.78, 5) is 36.7. The molecule has 0 amide bonds. The maximum atomic E-state index is 13.9. The molecule has 0 aliphatic rings. The van der Waals surface area contributed by atoms with E-state index in [4.69, 9.17) is 32.6 Å². The van der Waals surface area contributed by atoms with Crippen molar-refractivity contribution >= 4 is 70.8 Å². The average molecular weight is 995 g/mol. The lowest BCUT2D eigenvalue weighted by Crippen LogP contribution is -2.25. The standard InChI is InChI=1S/C28H36N5O5P.C20H20N5O5P/c1-18-29-14-19-15-30-26-25(33(18)19)13-24(22-16-31(8)23-11-10-20(35-9)12-21(22)23)32(26)17-36-39(34,37-27(2,3)4)38-28(5,6)7;1-12-21-8-13-9-22-20-19(25(12)13)7-18(24(20)11-30-31(26,27)28)16-10-23(2)17-5-4-14(29-3)6-15(16)17/h10-16H,17H2,1-9H3;4-10H,11H2,1-3H3,(H2,26,27,28). The van der Waals surface area contributed by atoms with Crippen LogP contribution >= 0.6 is 15.6 Å². The minimum atomic E-state index is -4.69. The van der Waals surface area contributed by atoms with E-state index in [-0.39, 0.29) is 13.5 Å². The highest BCUT2D eigenvalue weighted by Gasteiger charge is 2.38. The number of phosphoric ester groups is 2. The molecule has 70 heavy (non-hydrogen) atoms. The summed E-state index contributed by atoms with van der Waals surface area (Å²) < 4.78 is 70.6. The van der Waals surface area contributed by atoms with E-state index in [9.17, 15) is 18.9 Å². The first-order valence-corrected chi connectivity index (χ1v) is 25.2. The van der Waals surface area contributed by atoms with Gasteiger partial charge in [-0.05, 0) is 104 Å². The summed E-state index contributed by atoms with van der Waals surface area (Å²) in [6, 6.07) is 15.8. The van der Waals surface area contributed by atoms with E-state index in [1.54, 1.807) is 43.6 Å². The number of phosphoric acid groups is 2. The molecule has 10 rings (SSSR count). The maximum absolute atomic E-state index is 13.9. The zero-order valence-corrected chi connectivity index (χ0v) is 42.8. The van der Waals surface area contributed by atoms with Crippen molar-refractivity contribution in [2.75, 3.05) is 14.2 Å². The Kier molecular flexibility index (Phi) is 12.4. The second-order valence-electron chi connectivity index (χ2n) is 18.9. The van der Waals surface area contributed by atoms with Crippen LogP contribution in [-0.4, -0.2) is 82.2 Å². The fourth-order valence-corrected chi connectivity index (χ4v) is 10.8. The van der Waals surface area contributed by atoms with Crippen molar-refractivity contribution in [3.8, 4) is 34.0 Å². The molecule has 0 saturated carbocycles. The summed E-state index contributed by atoms with van der Waals surface area (Å²) in [6.07, 6.45) is 11.0. The van der Waals surface area contributed by atoms with Crippen molar-refractivity contribution in [1.29, 1.82) is 0 Å². The Morgan fingerprint density at radius 2 is 0.971 bits per heavy atom. The number of hydrogen-bond acceptors (Lipinski definition) is 12. The fourth-order valence-electron chi connectivity index (χ4n) is 8.75. The van der Waals surface area contributed by atoms with E-state index in [1.807, 2.05) is 136 Å². The van der Waals surface area contributed by atoms with E-state index >= 15 is 0 Å². The van der Waals surface area contributed by atoms with Gasteiger partial charge in [-0.15, -0.1) is 0 Å². The second kappa shape index (κ2) is 17.8. The number of aryl methyl sites for hydroxylation is 4.